The number of amides is 1. The van der Waals surface area contributed by atoms with Crippen molar-refractivity contribution >= 4 is 11.9 Å². The molecule has 17 nitrogen and oxygen atoms in total. The third-order valence-electron chi connectivity index (χ3n) is 8.72. The highest BCUT2D eigenvalue weighted by molar-refractivity contribution is 5.94. The molecule has 8 rings (SSSR count). The maximum absolute atomic E-state index is 13.1. The van der Waals surface area contributed by atoms with Crippen LogP contribution in [0.2, 0.25) is 0 Å². The van der Waals surface area contributed by atoms with Crippen LogP contribution in [0, 0.1) is 25.5 Å². The summed E-state index contributed by atoms with van der Waals surface area (Å²) >= 11 is 0. The first kappa shape index (κ1) is 42.8. The lowest BCUT2D eigenvalue weighted by atomic mass is 10.1. The van der Waals surface area contributed by atoms with Gasteiger partial charge >= 0.3 is 5.97 Å². The average molecular weight is 833 g/mol. The standard InChI is InChI=1S/C21H18FN5O3.C12H13FN2O.C9H7N3O3/c1-12(18-11-29-21(26-18)14-3-5-17(22)6-4-14)8-24-20(28)16-7-15(9-23-10-16)19-25-13(2)30-27-19;1-8(6-14)11-7-16-12(15-11)9-2-4-10(13)5-3-9;1-5-11-8(12-15-5)6-2-7(9(13)14)4-10-3-6/h3-7,9-12H,8H2,1-2H3,(H,24,28);2-5,7-8H,6,14H2,1H3;2-4H,1H3,(H,13,14). The van der Waals surface area contributed by atoms with Gasteiger partial charge in [0.2, 0.25) is 35.2 Å². The van der Waals surface area contributed by atoms with E-state index in [9.17, 15) is 18.4 Å². The highest BCUT2D eigenvalue weighted by Crippen LogP contribution is 2.24. The number of rotatable bonds is 11. The van der Waals surface area contributed by atoms with Crippen molar-refractivity contribution < 1.29 is 41.4 Å². The molecule has 19 heteroatoms. The quantitative estimate of drug-likeness (QED) is 0.114. The van der Waals surface area contributed by atoms with E-state index in [0.717, 1.165) is 11.3 Å². The lowest BCUT2D eigenvalue weighted by molar-refractivity contribution is 0.0696. The zero-order chi connectivity index (χ0) is 43.5. The number of nitrogens with one attached hydrogen (secondary N) is 1. The second-order valence-corrected chi connectivity index (χ2v) is 13.4. The molecule has 4 N–H and O–H groups in total. The number of aromatic carboxylic acids is 1. The van der Waals surface area contributed by atoms with Crippen LogP contribution in [0.5, 0.6) is 0 Å². The molecule has 2 aromatic carbocycles. The number of benzene rings is 2. The van der Waals surface area contributed by atoms with Gasteiger partial charge in [0.15, 0.2) is 0 Å². The zero-order valence-electron chi connectivity index (χ0n) is 33.1. The number of aromatic nitrogens is 8. The highest BCUT2D eigenvalue weighted by atomic mass is 19.1. The van der Waals surface area contributed by atoms with Gasteiger partial charge in [0.25, 0.3) is 5.91 Å². The number of oxazole rings is 2. The Labute approximate surface area is 346 Å². The van der Waals surface area contributed by atoms with E-state index in [0.29, 0.717) is 76.2 Å². The summed E-state index contributed by atoms with van der Waals surface area (Å²) in [5, 5.41) is 19.1. The van der Waals surface area contributed by atoms with Gasteiger partial charge in [-0.1, -0.05) is 24.2 Å². The largest absolute Gasteiger partial charge is 0.478 e. The number of nitrogens with two attached hydrogens (primary N) is 1. The minimum Gasteiger partial charge on any atom is -0.478 e. The molecule has 2 unspecified atom stereocenters. The van der Waals surface area contributed by atoms with Gasteiger partial charge in [0.05, 0.1) is 22.5 Å². The van der Waals surface area contributed by atoms with Crippen molar-refractivity contribution in [1.82, 2.24) is 45.5 Å². The molecule has 0 spiro atoms. The topological polar surface area (TPSA) is 248 Å². The van der Waals surface area contributed by atoms with Gasteiger partial charge in [0, 0.05) is 85.8 Å². The Morgan fingerprint density at radius 2 is 1.13 bits per heavy atom. The second kappa shape index (κ2) is 19.8. The SMILES string of the molecule is CC(CN)c1coc(-c2ccc(F)cc2)n1.Cc1nc(-c2cncc(C(=O)NCC(C)c3coc(-c4ccc(F)cc4)n3)c2)no1.Cc1nc(-c2cncc(C(=O)O)c2)no1. The molecule has 0 fully saturated rings. The maximum Gasteiger partial charge on any atom is 0.337 e. The van der Waals surface area contributed by atoms with E-state index in [1.165, 1.54) is 55.2 Å². The van der Waals surface area contributed by atoms with E-state index in [4.69, 9.17) is 28.7 Å². The Morgan fingerprint density at radius 1 is 0.672 bits per heavy atom. The Kier molecular flexibility index (Phi) is 13.9. The van der Waals surface area contributed by atoms with Crippen LogP contribution in [-0.2, 0) is 0 Å². The fraction of sp³-hybridized carbons (Fsp3) is 0.190. The molecular weight excluding hydrogens is 795 g/mol. The molecule has 6 aromatic heterocycles. The first-order chi connectivity index (χ1) is 29.4. The third kappa shape index (κ3) is 11.4. The molecule has 8 aromatic rings. The lowest BCUT2D eigenvalue weighted by Gasteiger charge is -2.10. The number of aryl methyl sites for hydroxylation is 2. The summed E-state index contributed by atoms with van der Waals surface area (Å²) in [6.07, 6.45) is 8.91. The van der Waals surface area contributed by atoms with E-state index in [1.807, 2.05) is 13.8 Å². The number of carboxylic acids is 1. The highest BCUT2D eigenvalue weighted by Gasteiger charge is 2.17. The van der Waals surface area contributed by atoms with Crippen LogP contribution in [-0.4, -0.2) is 70.3 Å². The van der Waals surface area contributed by atoms with Crippen LogP contribution in [0.3, 0.4) is 0 Å². The molecule has 0 saturated carbocycles. The average Bonchev–Trinajstić information content (AvgIpc) is 4.12. The van der Waals surface area contributed by atoms with Crippen LogP contribution >= 0.6 is 0 Å². The first-order valence-corrected chi connectivity index (χ1v) is 18.5. The summed E-state index contributed by atoms with van der Waals surface area (Å²) < 4.78 is 46.4. The molecule has 2 atom stereocenters. The molecular formula is C42H38F2N10O7. The van der Waals surface area contributed by atoms with Crippen LogP contribution < -0.4 is 11.1 Å². The number of nitrogens with zero attached hydrogens (tertiary/aromatic N) is 8. The van der Waals surface area contributed by atoms with Gasteiger partial charge < -0.3 is 34.0 Å². The molecule has 61 heavy (non-hydrogen) atoms. The van der Waals surface area contributed by atoms with Crippen molar-refractivity contribution in [3.05, 3.63) is 144 Å². The first-order valence-electron chi connectivity index (χ1n) is 18.5. The molecule has 312 valence electrons. The fourth-order valence-electron chi connectivity index (χ4n) is 5.25. The van der Waals surface area contributed by atoms with Gasteiger partial charge in [-0.15, -0.1) is 0 Å². The van der Waals surface area contributed by atoms with Crippen molar-refractivity contribution in [3.63, 3.8) is 0 Å². The van der Waals surface area contributed by atoms with E-state index >= 15 is 0 Å². The summed E-state index contributed by atoms with van der Waals surface area (Å²) in [6, 6.07) is 15.0. The van der Waals surface area contributed by atoms with Crippen LogP contribution in [0.4, 0.5) is 8.78 Å². The van der Waals surface area contributed by atoms with Crippen molar-refractivity contribution in [3.8, 4) is 45.7 Å². The number of pyridine rings is 2. The molecule has 0 saturated heterocycles. The van der Waals surface area contributed by atoms with E-state index in [1.54, 1.807) is 56.6 Å². The summed E-state index contributed by atoms with van der Waals surface area (Å²) in [5.41, 5.74) is 10.1. The number of carboxylic acid groups (broad SMARTS) is 1. The molecule has 0 aliphatic rings. The maximum atomic E-state index is 13.1. The van der Waals surface area contributed by atoms with E-state index in [2.05, 4.69) is 45.5 Å². The molecule has 0 radical (unpaired) electrons. The van der Waals surface area contributed by atoms with Crippen molar-refractivity contribution in [2.24, 2.45) is 5.73 Å². The Balaban J connectivity index is 0.000000169. The smallest absolute Gasteiger partial charge is 0.337 e. The van der Waals surface area contributed by atoms with Crippen molar-refractivity contribution in [2.45, 2.75) is 39.5 Å². The van der Waals surface area contributed by atoms with E-state index < -0.39 is 5.97 Å². The van der Waals surface area contributed by atoms with Crippen molar-refractivity contribution in [1.29, 1.82) is 0 Å². The van der Waals surface area contributed by atoms with Gasteiger partial charge in [-0.3, -0.25) is 14.8 Å². The molecule has 6 heterocycles. The van der Waals surface area contributed by atoms with Gasteiger partial charge in [-0.2, -0.15) is 9.97 Å². The Morgan fingerprint density at radius 3 is 1.57 bits per heavy atom. The van der Waals surface area contributed by atoms with Crippen LogP contribution in [0.15, 0.2) is 116 Å². The summed E-state index contributed by atoms with van der Waals surface area (Å²) in [6.45, 7) is 8.11. The minimum absolute atomic E-state index is 0.0925. The molecule has 0 aliphatic carbocycles. The number of carbonyl (C=O) groups is 2. The number of hydrogen-bond acceptors (Lipinski definition) is 15. The zero-order valence-corrected chi connectivity index (χ0v) is 33.1. The lowest BCUT2D eigenvalue weighted by Crippen LogP contribution is -2.27. The summed E-state index contributed by atoms with van der Waals surface area (Å²) in [4.78, 5) is 47.9. The van der Waals surface area contributed by atoms with Gasteiger partial charge in [0.1, 0.15) is 24.2 Å². The monoisotopic (exact) mass is 832 g/mol. The number of halogens is 2. The van der Waals surface area contributed by atoms with Crippen LogP contribution in [0.25, 0.3) is 45.7 Å². The Hall–Kier alpha value is -7.80. The summed E-state index contributed by atoms with van der Waals surface area (Å²) in [5.74, 6) is 0.615. The predicted molar refractivity (Wildman–Crippen MR) is 214 cm³/mol. The van der Waals surface area contributed by atoms with E-state index in [-0.39, 0.29) is 34.9 Å². The third-order valence-corrected chi connectivity index (χ3v) is 8.72. The van der Waals surface area contributed by atoms with Gasteiger partial charge in [-0.25, -0.2) is 23.5 Å². The molecule has 0 aliphatic heterocycles. The minimum atomic E-state index is -1.04. The summed E-state index contributed by atoms with van der Waals surface area (Å²) in [7, 11) is 0. The van der Waals surface area contributed by atoms with Crippen molar-refractivity contribution in [2.75, 3.05) is 13.1 Å². The number of carbonyl (C=O) groups excluding carboxylic acids is 1. The number of hydrogen-bond donors (Lipinski definition) is 3. The van der Waals surface area contributed by atoms with Crippen LogP contribution in [0.1, 0.15) is 69.6 Å². The molecule has 1 amide bonds. The van der Waals surface area contributed by atoms with Gasteiger partial charge in [-0.05, 0) is 60.7 Å². The molecule has 0 bridgehead atoms. The predicted octanol–water partition coefficient (Wildman–Crippen LogP) is 7.45. The Bertz CT molecular complexity index is 2700. The second-order valence-electron chi connectivity index (χ2n) is 13.4. The normalized spacial score (nSPS) is 11.7. The fourth-order valence-corrected chi connectivity index (χ4v) is 5.25.